The summed E-state index contributed by atoms with van der Waals surface area (Å²) in [6.45, 7) is 1.92. The van der Waals surface area contributed by atoms with E-state index in [1.165, 1.54) is 25.7 Å². The largest absolute Gasteiger partial charge is 0.367 e. The van der Waals surface area contributed by atoms with Gasteiger partial charge in [0.15, 0.2) is 0 Å². The quantitative estimate of drug-likeness (QED) is 0.846. The van der Waals surface area contributed by atoms with Crippen molar-refractivity contribution >= 4 is 33.3 Å². The Morgan fingerprint density at radius 2 is 1.86 bits per heavy atom. The molecule has 1 aliphatic carbocycles. The Morgan fingerprint density at radius 1 is 1.10 bits per heavy atom. The van der Waals surface area contributed by atoms with Gasteiger partial charge in [0.2, 0.25) is 0 Å². The fourth-order valence-electron chi connectivity index (χ4n) is 2.70. The SMILES string of the molecule is Cc1nc(Nc2cccc(Br)c2)cc(NC2CCCC2)n1. The topological polar surface area (TPSA) is 49.8 Å². The van der Waals surface area contributed by atoms with Crippen molar-refractivity contribution in [1.82, 2.24) is 9.97 Å². The molecule has 5 heteroatoms. The van der Waals surface area contributed by atoms with Crippen LogP contribution in [0.15, 0.2) is 34.8 Å². The fraction of sp³-hybridized carbons (Fsp3) is 0.375. The lowest BCUT2D eigenvalue weighted by atomic mass is 10.2. The number of rotatable bonds is 4. The molecule has 1 heterocycles. The molecule has 0 radical (unpaired) electrons. The van der Waals surface area contributed by atoms with Crippen molar-refractivity contribution < 1.29 is 0 Å². The molecule has 3 rings (SSSR count). The molecule has 1 saturated carbocycles. The summed E-state index contributed by atoms with van der Waals surface area (Å²) in [7, 11) is 0. The average Bonchev–Trinajstić information content (AvgIpc) is 2.90. The first-order valence-electron chi connectivity index (χ1n) is 7.34. The zero-order chi connectivity index (χ0) is 14.7. The van der Waals surface area contributed by atoms with E-state index >= 15 is 0 Å². The molecule has 1 aliphatic rings. The number of nitrogens with one attached hydrogen (secondary N) is 2. The highest BCUT2D eigenvalue weighted by molar-refractivity contribution is 9.10. The van der Waals surface area contributed by atoms with Crippen molar-refractivity contribution in [2.45, 2.75) is 38.6 Å². The van der Waals surface area contributed by atoms with Crippen LogP contribution >= 0.6 is 15.9 Å². The van der Waals surface area contributed by atoms with Crippen molar-refractivity contribution in [3.8, 4) is 0 Å². The normalized spacial score (nSPS) is 15.1. The number of aryl methyl sites for hydroxylation is 1. The van der Waals surface area contributed by atoms with E-state index in [0.717, 1.165) is 27.6 Å². The minimum absolute atomic E-state index is 0.554. The van der Waals surface area contributed by atoms with Crippen LogP contribution in [0.25, 0.3) is 0 Å². The Hall–Kier alpha value is -1.62. The highest BCUT2D eigenvalue weighted by atomic mass is 79.9. The van der Waals surface area contributed by atoms with E-state index in [9.17, 15) is 0 Å². The van der Waals surface area contributed by atoms with E-state index in [0.29, 0.717) is 6.04 Å². The monoisotopic (exact) mass is 346 g/mol. The van der Waals surface area contributed by atoms with Crippen LogP contribution in [0.3, 0.4) is 0 Å². The zero-order valence-corrected chi connectivity index (χ0v) is 13.7. The number of nitrogens with zero attached hydrogens (tertiary/aromatic N) is 2. The molecule has 1 aromatic carbocycles. The Balaban J connectivity index is 1.77. The summed E-state index contributed by atoms with van der Waals surface area (Å²) in [5.41, 5.74) is 1.01. The Kier molecular flexibility index (Phi) is 4.39. The average molecular weight is 347 g/mol. The summed E-state index contributed by atoms with van der Waals surface area (Å²) < 4.78 is 1.04. The van der Waals surface area contributed by atoms with Gasteiger partial charge >= 0.3 is 0 Å². The Morgan fingerprint density at radius 3 is 2.62 bits per heavy atom. The number of anilines is 3. The molecular formula is C16H19BrN4. The van der Waals surface area contributed by atoms with E-state index in [-0.39, 0.29) is 0 Å². The molecule has 0 atom stereocenters. The van der Waals surface area contributed by atoms with Gasteiger partial charge in [-0.25, -0.2) is 9.97 Å². The Bertz CT molecular complexity index is 623. The van der Waals surface area contributed by atoms with Gasteiger partial charge in [0, 0.05) is 22.3 Å². The molecule has 0 spiro atoms. The summed E-state index contributed by atoms with van der Waals surface area (Å²) in [6, 6.07) is 10.6. The van der Waals surface area contributed by atoms with Crippen LogP contribution in [-0.2, 0) is 0 Å². The standard InChI is InChI=1S/C16H19BrN4/c1-11-18-15(20-13-6-2-3-7-13)10-16(19-11)21-14-8-4-5-12(17)9-14/h4-5,8-10,13H,2-3,6-7H2,1H3,(H2,18,19,20,21). The first kappa shape index (κ1) is 14.3. The van der Waals surface area contributed by atoms with Gasteiger partial charge in [0.05, 0.1) is 0 Å². The molecule has 21 heavy (non-hydrogen) atoms. The van der Waals surface area contributed by atoms with Crippen molar-refractivity contribution in [3.63, 3.8) is 0 Å². The minimum Gasteiger partial charge on any atom is -0.367 e. The Labute approximate surface area is 133 Å². The number of halogens is 1. The molecular weight excluding hydrogens is 328 g/mol. The molecule has 0 aliphatic heterocycles. The molecule has 2 N–H and O–H groups in total. The van der Waals surface area contributed by atoms with Gasteiger partial charge in [-0.2, -0.15) is 0 Å². The summed E-state index contributed by atoms with van der Waals surface area (Å²) in [5, 5.41) is 6.85. The second-order valence-electron chi connectivity index (χ2n) is 5.45. The van der Waals surface area contributed by atoms with Gasteiger partial charge in [-0.15, -0.1) is 0 Å². The number of hydrogen-bond acceptors (Lipinski definition) is 4. The molecule has 1 fully saturated rings. The lowest BCUT2D eigenvalue weighted by Crippen LogP contribution is -2.16. The molecule has 0 unspecified atom stereocenters. The number of aromatic nitrogens is 2. The fourth-order valence-corrected chi connectivity index (χ4v) is 3.10. The van der Waals surface area contributed by atoms with Crippen LogP contribution in [0.1, 0.15) is 31.5 Å². The number of benzene rings is 1. The lowest BCUT2D eigenvalue weighted by molar-refractivity contribution is 0.748. The molecule has 1 aromatic heterocycles. The maximum Gasteiger partial charge on any atom is 0.136 e. The second kappa shape index (κ2) is 6.43. The molecule has 4 nitrogen and oxygen atoms in total. The van der Waals surface area contributed by atoms with Crippen molar-refractivity contribution in [2.75, 3.05) is 10.6 Å². The zero-order valence-electron chi connectivity index (χ0n) is 12.1. The van der Waals surface area contributed by atoms with E-state index in [1.807, 2.05) is 37.3 Å². The predicted octanol–water partition coefficient (Wildman–Crippen LogP) is 4.65. The van der Waals surface area contributed by atoms with E-state index < -0.39 is 0 Å². The highest BCUT2D eigenvalue weighted by Crippen LogP contribution is 2.24. The van der Waals surface area contributed by atoms with Crippen LogP contribution < -0.4 is 10.6 Å². The summed E-state index contributed by atoms with van der Waals surface area (Å²) in [5.74, 6) is 2.50. The minimum atomic E-state index is 0.554. The third kappa shape index (κ3) is 3.94. The lowest BCUT2D eigenvalue weighted by Gasteiger charge is -2.14. The smallest absolute Gasteiger partial charge is 0.136 e. The predicted molar refractivity (Wildman–Crippen MR) is 90.1 cm³/mol. The van der Waals surface area contributed by atoms with Crippen molar-refractivity contribution in [2.24, 2.45) is 0 Å². The van der Waals surface area contributed by atoms with Crippen LogP contribution in [0.2, 0.25) is 0 Å². The summed E-state index contributed by atoms with van der Waals surface area (Å²) in [4.78, 5) is 8.94. The van der Waals surface area contributed by atoms with E-state index in [1.54, 1.807) is 0 Å². The molecule has 110 valence electrons. The maximum atomic E-state index is 4.49. The van der Waals surface area contributed by atoms with Gasteiger partial charge in [-0.05, 0) is 38.0 Å². The molecule has 0 amide bonds. The first-order valence-corrected chi connectivity index (χ1v) is 8.13. The maximum absolute atomic E-state index is 4.49. The summed E-state index contributed by atoms with van der Waals surface area (Å²) in [6.07, 6.45) is 5.09. The van der Waals surface area contributed by atoms with Gasteiger partial charge in [-0.1, -0.05) is 34.8 Å². The molecule has 0 bridgehead atoms. The molecule has 0 saturated heterocycles. The van der Waals surface area contributed by atoms with Crippen LogP contribution in [0, 0.1) is 6.92 Å². The van der Waals surface area contributed by atoms with Gasteiger partial charge < -0.3 is 10.6 Å². The third-order valence-corrected chi connectivity index (χ3v) is 4.14. The van der Waals surface area contributed by atoms with Gasteiger partial charge in [0.25, 0.3) is 0 Å². The first-order chi connectivity index (χ1) is 10.2. The summed E-state index contributed by atoms with van der Waals surface area (Å²) >= 11 is 3.48. The van der Waals surface area contributed by atoms with Gasteiger partial charge in [-0.3, -0.25) is 0 Å². The van der Waals surface area contributed by atoms with Crippen LogP contribution in [-0.4, -0.2) is 16.0 Å². The van der Waals surface area contributed by atoms with Crippen LogP contribution in [0.5, 0.6) is 0 Å². The van der Waals surface area contributed by atoms with Crippen molar-refractivity contribution in [1.29, 1.82) is 0 Å². The second-order valence-corrected chi connectivity index (χ2v) is 6.36. The molecule has 2 aromatic rings. The van der Waals surface area contributed by atoms with Gasteiger partial charge in [0.1, 0.15) is 17.5 Å². The van der Waals surface area contributed by atoms with Crippen molar-refractivity contribution in [3.05, 3.63) is 40.6 Å². The highest BCUT2D eigenvalue weighted by Gasteiger charge is 2.15. The van der Waals surface area contributed by atoms with E-state index in [2.05, 4.69) is 36.5 Å². The number of hydrogen-bond donors (Lipinski definition) is 2. The van der Waals surface area contributed by atoms with E-state index in [4.69, 9.17) is 0 Å². The third-order valence-electron chi connectivity index (χ3n) is 3.64. The van der Waals surface area contributed by atoms with Crippen LogP contribution in [0.4, 0.5) is 17.3 Å².